The van der Waals surface area contributed by atoms with Crippen LogP contribution >= 0.6 is 50.9 Å². The average Bonchev–Trinajstić information content (AvgIpc) is 1.81. The first-order valence-corrected chi connectivity index (χ1v) is 3.00. The lowest BCUT2D eigenvalue weighted by Crippen LogP contribution is -0.856. The molecule has 0 amide bonds. The Morgan fingerprint density at radius 3 is 0.333 bits per heavy atom. The first kappa shape index (κ1) is 47.2. The van der Waals surface area contributed by atoms with Gasteiger partial charge < -0.3 is 0 Å². The minimum atomic E-state index is 0. The van der Waals surface area contributed by atoms with Crippen molar-refractivity contribution in [3.8, 4) is 0 Å². The molecule has 9 heavy (non-hydrogen) atoms. The van der Waals surface area contributed by atoms with Crippen molar-refractivity contribution >= 4 is 50.9 Å². The number of hydrogen-bond acceptors (Lipinski definition) is 0. The maximum atomic E-state index is 2.00. The van der Waals surface area contributed by atoms with E-state index in [1.165, 1.54) is 0 Å². The summed E-state index contributed by atoms with van der Waals surface area (Å²) in [5, 5.41) is 0. The summed E-state index contributed by atoms with van der Waals surface area (Å²) in [6.07, 6.45) is 0. The molecule has 0 heterocycles. The van der Waals surface area contributed by atoms with Crippen molar-refractivity contribution in [2.24, 2.45) is 0 Å². The summed E-state index contributed by atoms with van der Waals surface area (Å²) in [4.78, 5) is 0. The second-order valence-corrected chi connectivity index (χ2v) is 0. The topological polar surface area (TPSA) is 0 Å². The van der Waals surface area contributed by atoms with E-state index in [0.717, 1.165) is 0 Å². The fourth-order valence-corrected chi connectivity index (χ4v) is 0. The third-order valence-corrected chi connectivity index (χ3v) is 0. The highest BCUT2D eigenvalue weighted by Crippen LogP contribution is 1.15. The standard InChI is InChI=1S/3C2H6.3BrH/c3*1-2;;;/h3*1-2H3;3*1H. The molecule has 0 aliphatic carbocycles. The Bertz CT molecular complexity index is 8.26. The van der Waals surface area contributed by atoms with Gasteiger partial charge >= 0.3 is 0 Å². The van der Waals surface area contributed by atoms with E-state index in [2.05, 4.69) is 0 Å². The first-order chi connectivity index (χ1) is 3.00. The second-order valence-electron chi connectivity index (χ2n) is 0. The Hall–Kier alpha value is 1.44. The summed E-state index contributed by atoms with van der Waals surface area (Å²) < 4.78 is 0. The highest BCUT2D eigenvalue weighted by atomic mass is 79.9. The predicted octanol–water partition coefficient (Wildman–Crippen LogP) is 4.81. The number of hydrogen-bond donors (Lipinski definition) is 0. The van der Waals surface area contributed by atoms with Crippen LogP contribution in [0.5, 0.6) is 0 Å². The smallest absolute Gasteiger partial charge is 0.0683 e. The van der Waals surface area contributed by atoms with Gasteiger partial charge in [0, 0.05) is 0 Å². The van der Waals surface area contributed by atoms with Crippen molar-refractivity contribution in [2.45, 2.75) is 41.5 Å². The van der Waals surface area contributed by atoms with E-state index in [1.807, 2.05) is 41.5 Å². The average molecular weight is 333 g/mol. The minimum Gasteiger partial charge on any atom is -0.114 e. The van der Waals surface area contributed by atoms with Crippen LogP contribution in [0.15, 0.2) is 0 Å². The molecule has 3 heteroatoms. The molecule has 0 unspecified atom stereocenters. The second kappa shape index (κ2) is 324. The van der Waals surface area contributed by atoms with Gasteiger partial charge in [0.15, 0.2) is 0 Å². The Kier molecular flexibility index (Phi) is 1700. The van der Waals surface area contributed by atoms with E-state index in [0.29, 0.717) is 0 Å². The number of rotatable bonds is 0. The van der Waals surface area contributed by atoms with Crippen molar-refractivity contribution in [3.05, 3.63) is 0 Å². The molecular weight excluding hydrogens is 312 g/mol. The van der Waals surface area contributed by atoms with Crippen molar-refractivity contribution in [1.29, 1.82) is 0 Å². The van der Waals surface area contributed by atoms with Gasteiger partial charge in [-0.2, -0.15) is 0 Å². The summed E-state index contributed by atoms with van der Waals surface area (Å²) in [5.41, 5.74) is 0. The van der Waals surface area contributed by atoms with Crippen LogP contribution in [0.3, 0.4) is 0 Å². The van der Waals surface area contributed by atoms with Gasteiger partial charge in [0.1, 0.15) is 0 Å². The van der Waals surface area contributed by atoms with Gasteiger partial charge in [0.2, 0.25) is 0 Å². The quantitative estimate of drug-likeness (QED) is 0.597. The zero-order valence-corrected chi connectivity index (χ0v) is 12.4. The molecule has 0 aliphatic heterocycles. The van der Waals surface area contributed by atoms with E-state index in [4.69, 9.17) is 0 Å². The Morgan fingerprint density at radius 2 is 0.333 bits per heavy atom. The molecule has 0 aromatic rings. The maximum absolute atomic E-state index is 2.00. The van der Waals surface area contributed by atoms with Gasteiger partial charge in [-0.15, -0.1) is 50.9 Å². The molecule has 0 aromatic heterocycles. The molecule has 0 saturated heterocycles. The molecule has 0 aliphatic rings. The summed E-state index contributed by atoms with van der Waals surface area (Å²) in [7, 11) is 0. The first-order valence-electron chi connectivity index (χ1n) is 3.00. The van der Waals surface area contributed by atoms with Crippen molar-refractivity contribution < 1.29 is 0 Å². The SMILES string of the molecule is Br.Br.Br.CC.CC.CC. The summed E-state index contributed by atoms with van der Waals surface area (Å²) >= 11 is 0. The third kappa shape index (κ3) is 252. The van der Waals surface area contributed by atoms with Crippen molar-refractivity contribution in [3.63, 3.8) is 0 Å². The van der Waals surface area contributed by atoms with Crippen LogP contribution in [0.1, 0.15) is 41.5 Å². The van der Waals surface area contributed by atoms with Gasteiger partial charge in [-0.1, -0.05) is 41.5 Å². The molecule has 0 aromatic carbocycles. The van der Waals surface area contributed by atoms with Crippen molar-refractivity contribution in [1.82, 2.24) is 0 Å². The molecule has 66 valence electrons. The summed E-state index contributed by atoms with van der Waals surface area (Å²) in [6, 6.07) is 0. The molecular formula is C6H21Br3. The van der Waals surface area contributed by atoms with Gasteiger partial charge in [0.05, 0.1) is 0 Å². The van der Waals surface area contributed by atoms with Crippen LogP contribution in [-0.4, -0.2) is 0 Å². The fraction of sp³-hybridized carbons (Fsp3) is 1.00. The van der Waals surface area contributed by atoms with Gasteiger partial charge in [-0.05, 0) is 0 Å². The largest absolute Gasteiger partial charge is 0.114 e. The lowest BCUT2D eigenvalue weighted by atomic mass is 11.0. The van der Waals surface area contributed by atoms with Gasteiger partial charge in [-0.25, -0.2) is 0 Å². The van der Waals surface area contributed by atoms with E-state index >= 15 is 0 Å². The summed E-state index contributed by atoms with van der Waals surface area (Å²) in [5.74, 6) is 0. The van der Waals surface area contributed by atoms with Crippen molar-refractivity contribution in [2.75, 3.05) is 0 Å². The normalized spacial score (nSPS) is 2.00. The molecule has 0 radical (unpaired) electrons. The van der Waals surface area contributed by atoms with Crippen LogP contribution in [0.25, 0.3) is 0 Å². The molecule has 0 fully saturated rings. The van der Waals surface area contributed by atoms with Crippen LogP contribution < -0.4 is 0 Å². The lowest BCUT2D eigenvalue weighted by Gasteiger charge is -1.07. The van der Waals surface area contributed by atoms with E-state index < -0.39 is 0 Å². The Morgan fingerprint density at radius 1 is 0.333 bits per heavy atom. The molecule has 0 atom stereocenters. The van der Waals surface area contributed by atoms with Crippen LogP contribution in [0.4, 0.5) is 0 Å². The van der Waals surface area contributed by atoms with E-state index in [1.54, 1.807) is 0 Å². The van der Waals surface area contributed by atoms with Crippen LogP contribution in [0.2, 0.25) is 0 Å². The maximum Gasteiger partial charge on any atom is -0.0683 e. The van der Waals surface area contributed by atoms with E-state index in [9.17, 15) is 0 Å². The van der Waals surface area contributed by atoms with Gasteiger partial charge in [-0.3, -0.25) is 0 Å². The van der Waals surface area contributed by atoms with Crippen LogP contribution in [-0.2, 0) is 0 Å². The zero-order valence-electron chi connectivity index (χ0n) is 7.22. The molecule has 0 saturated carbocycles. The summed E-state index contributed by atoms with van der Waals surface area (Å²) in [6.45, 7) is 12.0. The zero-order chi connectivity index (χ0) is 6.00. The van der Waals surface area contributed by atoms with Gasteiger partial charge in [0.25, 0.3) is 0 Å². The minimum absolute atomic E-state index is 0. The Labute approximate surface area is 92.1 Å². The monoisotopic (exact) mass is 330 g/mol. The lowest BCUT2D eigenvalue weighted by molar-refractivity contribution is 1.50. The van der Waals surface area contributed by atoms with E-state index in [-0.39, 0.29) is 50.9 Å². The third-order valence-electron chi connectivity index (χ3n) is 0. The molecule has 0 spiro atoms. The molecule has 0 bridgehead atoms. The Balaban J connectivity index is -0.00000000321. The highest BCUT2D eigenvalue weighted by molar-refractivity contribution is 8.93. The number of halogens is 3. The molecule has 0 nitrogen and oxygen atoms in total. The highest BCUT2D eigenvalue weighted by Gasteiger charge is 0.936. The van der Waals surface area contributed by atoms with Crippen LogP contribution in [0, 0.1) is 0 Å². The fourth-order valence-electron chi connectivity index (χ4n) is 0. The molecule has 0 rings (SSSR count). The molecule has 0 N–H and O–H groups in total. The predicted molar refractivity (Wildman–Crippen MR) is 65.0 cm³/mol.